The van der Waals surface area contributed by atoms with Crippen LogP contribution in [0.3, 0.4) is 0 Å². The molecule has 3 unspecified atom stereocenters. The fourth-order valence-corrected chi connectivity index (χ4v) is 5.47. The Hall–Kier alpha value is -1.84. The maximum atomic E-state index is 13.4. The average molecular weight is 401 g/mol. The van der Waals surface area contributed by atoms with Crippen molar-refractivity contribution in [3.05, 3.63) is 35.1 Å². The summed E-state index contributed by atoms with van der Waals surface area (Å²) in [5.41, 5.74) is 0.463. The van der Waals surface area contributed by atoms with E-state index in [4.69, 9.17) is 0 Å². The number of hydrogen-bond acceptors (Lipinski definition) is 3. The Bertz CT molecular complexity index is 752. The van der Waals surface area contributed by atoms with Crippen molar-refractivity contribution < 1.29 is 18.8 Å². The molecule has 2 saturated carbocycles. The van der Waals surface area contributed by atoms with Crippen molar-refractivity contribution in [1.82, 2.24) is 0 Å². The lowest BCUT2D eigenvalue weighted by Crippen LogP contribution is -2.35. The lowest BCUT2D eigenvalue weighted by atomic mass is 9.64. The molecule has 1 aromatic rings. The van der Waals surface area contributed by atoms with Crippen LogP contribution in [0, 0.1) is 23.6 Å². The number of carbonyl (C=O) groups is 3. The van der Waals surface area contributed by atoms with Gasteiger partial charge < -0.3 is 0 Å². The predicted molar refractivity (Wildman–Crippen MR) is 112 cm³/mol. The number of carbonyl (C=O) groups excluding carboxylic acids is 3. The molecule has 0 spiro atoms. The molecule has 4 heteroatoms. The minimum Gasteiger partial charge on any atom is -0.299 e. The van der Waals surface area contributed by atoms with Crippen molar-refractivity contribution in [1.29, 1.82) is 0 Å². The summed E-state index contributed by atoms with van der Waals surface area (Å²) in [6.07, 6.45) is 12.0. The summed E-state index contributed by atoms with van der Waals surface area (Å²) >= 11 is 0. The molecule has 3 rings (SSSR count). The van der Waals surface area contributed by atoms with Crippen molar-refractivity contribution in [3.63, 3.8) is 0 Å². The number of benzene rings is 1. The van der Waals surface area contributed by atoms with E-state index >= 15 is 0 Å². The Morgan fingerprint density at radius 3 is 2.41 bits per heavy atom. The highest BCUT2D eigenvalue weighted by Gasteiger charge is 2.37. The van der Waals surface area contributed by atoms with Crippen molar-refractivity contribution in [2.24, 2.45) is 17.8 Å². The summed E-state index contributed by atoms with van der Waals surface area (Å²) in [4.78, 5) is 36.9. The minimum atomic E-state index is -0.506. The van der Waals surface area contributed by atoms with Gasteiger partial charge in [0.2, 0.25) is 0 Å². The molecule has 0 heterocycles. The van der Waals surface area contributed by atoms with E-state index < -0.39 is 5.82 Å². The van der Waals surface area contributed by atoms with Gasteiger partial charge in [0, 0.05) is 29.9 Å². The third kappa shape index (κ3) is 5.61. The molecule has 0 N–H and O–H groups in total. The molecule has 158 valence electrons. The van der Waals surface area contributed by atoms with Crippen LogP contribution >= 0.6 is 0 Å². The van der Waals surface area contributed by atoms with Crippen LogP contribution in [0.5, 0.6) is 0 Å². The number of rotatable bonds is 9. The van der Waals surface area contributed by atoms with Gasteiger partial charge in [-0.1, -0.05) is 38.5 Å². The largest absolute Gasteiger partial charge is 0.299 e. The van der Waals surface area contributed by atoms with Crippen molar-refractivity contribution in [2.45, 2.75) is 84.0 Å². The van der Waals surface area contributed by atoms with E-state index in [9.17, 15) is 18.8 Å². The van der Waals surface area contributed by atoms with Gasteiger partial charge in [-0.25, -0.2) is 4.39 Å². The van der Waals surface area contributed by atoms with Crippen molar-refractivity contribution >= 4 is 17.3 Å². The van der Waals surface area contributed by atoms with Gasteiger partial charge in [-0.3, -0.25) is 14.4 Å². The molecule has 2 aliphatic rings. The summed E-state index contributed by atoms with van der Waals surface area (Å²) in [5.74, 6) is 1.17. The highest BCUT2D eigenvalue weighted by molar-refractivity contribution is 6.08. The Morgan fingerprint density at radius 1 is 0.897 bits per heavy atom. The number of Topliss-reactive ketones (excluding diaryl/α,β-unsaturated/α-hetero) is 3. The number of hydrogen-bond donors (Lipinski definition) is 0. The SMILES string of the molecule is CC(=O)c1cc(F)ccc1C(=O)CCCCCC(=O)C1CCCC2CCCCC21. The summed E-state index contributed by atoms with van der Waals surface area (Å²) in [5, 5.41) is 0. The van der Waals surface area contributed by atoms with Gasteiger partial charge in [0.1, 0.15) is 11.6 Å². The molecular formula is C25H33FO3. The number of unbranched alkanes of at least 4 members (excludes halogenated alkanes) is 2. The Morgan fingerprint density at radius 2 is 1.62 bits per heavy atom. The summed E-state index contributed by atoms with van der Waals surface area (Å²) in [7, 11) is 0. The molecule has 0 amide bonds. The van der Waals surface area contributed by atoms with Gasteiger partial charge in [0.25, 0.3) is 0 Å². The third-order valence-electron chi connectivity index (χ3n) is 6.98. The topological polar surface area (TPSA) is 51.2 Å². The number of halogens is 1. The zero-order chi connectivity index (χ0) is 20.8. The molecule has 0 bridgehead atoms. The molecule has 0 aliphatic heterocycles. The molecule has 2 fully saturated rings. The molecular weight excluding hydrogens is 367 g/mol. The Labute approximate surface area is 173 Å². The Balaban J connectivity index is 1.42. The highest BCUT2D eigenvalue weighted by Crippen LogP contribution is 2.44. The van der Waals surface area contributed by atoms with Crippen LogP contribution in [0.4, 0.5) is 4.39 Å². The minimum absolute atomic E-state index is 0.126. The molecule has 3 nitrogen and oxygen atoms in total. The van der Waals surface area contributed by atoms with Gasteiger partial charge in [-0.05, 0) is 62.6 Å². The van der Waals surface area contributed by atoms with Gasteiger partial charge in [0.15, 0.2) is 11.6 Å². The quantitative estimate of drug-likeness (QED) is 0.359. The molecule has 29 heavy (non-hydrogen) atoms. The molecule has 1 aromatic carbocycles. The van der Waals surface area contributed by atoms with Gasteiger partial charge >= 0.3 is 0 Å². The predicted octanol–water partition coefficient (Wildman–Crippen LogP) is 6.34. The lowest BCUT2D eigenvalue weighted by molar-refractivity contribution is -0.127. The first-order valence-corrected chi connectivity index (χ1v) is 11.3. The smallest absolute Gasteiger partial charge is 0.163 e. The maximum absolute atomic E-state index is 13.4. The molecule has 0 radical (unpaired) electrons. The van der Waals surface area contributed by atoms with Gasteiger partial charge in [-0.15, -0.1) is 0 Å². The van der Waals surface area contributed by atoms with Crippen LogP contribution in [0.1, 0.15) is 105 Å². The van der Waals surface area contributed by atoms with Gasteiger partial charge in [0.05, 0.1) is 0 Å². The second-order valence-electron chi connectivity index (χ2n) is 8.94. The van der Waals surface area contributed by atoms with E-state index in [1.54, 1.807) is 0 Å². The van der Waals surface area contributed by atoms with Crippen LogP contribution in [0.15, 0.2) is 18.2 Å². The Kier molecular flexibility index (Phi) is 7.74. The molecule has 3 atom stereocenters. The van der Waals surface area contributed by atoms with Gasteiger partial charge in [-0.2, -0.15) is 0 Å². The molecule has 2 aliphatic carbocycles. The van der Waals surface area contributed by atoms with Crippen LogP contribution < -0.4 is 0 Å². The van der Waals surface area contributed by atoms with Crippen molar-refractivity contribution in [2.75, 3.05) is 0 Å². The van der Waals surface area contributed by atoms with Crippen LogP contribution in [0.2, 0.25) is 0 Å². The van der Waals surface area contributed by atoms with Crippen molar-refractivity contribution in [3.8, 4) is 0 Å². The van der Waals surface area contributed by atoms with Crippen LogP contribution in [0.25, 0.3) is 0 Å². The number of ketones is 3. The fourth-order valence-electron chi connectivity index (χ4n) is 5.47. The lowest BCUT2D eigenvalue weighted by Gasteiger charge is -2.40. The number of fused-ring (bicyclic) bond motifs is 1. The zero-order valence-electron chi connectivity index (χ0n) is 17.6. The van der Waals surface area contributed by atoms with E-state index in [-0.39, 0.29) is 23.0 Å². The summed E-state index contributed by atoms with van der Waals surface area (Å²) in [6.45, 7) is 1.35. The van der Waals surface area contributed by atoms with E-state index in [0.717, 1.165) is 31.2 Å². The first-order chi connectivity index (χ1) is 14.0. The molecule has 0 aromatic heterocycles. The first kappa shape index (κ1) is 21.9. The molecule has 0 saturated heterocycles. The maximum Gasteiger partial charge on any atom is 0.163 e. The summed E-state index contributed by atoms with van der Waals surface area (Å²) in [6, 6.07) is 3.76. The second kappa shape index (κ2) is 10.3. The average Bonchev–Trinajstić information content (AvgIpc) is 2.72. The van der Waals surface area contributed by atoms with Crippen LogP contribution in [-0.2, 0) is 4.79 Å². The van der Waals surface area contributed by atoms with E-state index in [2.05, 4.69) is 0 Å². The fraction of sp³-hybridized carbons (Fsp3) is 0.640. The first-order valence-electron chi connectivity index (χ1n) is 11.3. The highest BCUT2D eigenvalue weighted by atomic mass is 19.1. The summed E-state index contributed by atoms with van der Waals surface area (Å²) < 4.78 is 13.4. The zero-order valence-corrected chi connectivity index (χ0v) is 17.6. The van der Waals surface area contributed by atoms with E-state index in [1.807, 2.05) is 0 Å². The standard InChI is InChI=1S/C25H33FO3/c1-17(27)23-16-19(26)14-15-22(23)25(29)13-4-2-3-12-24(28)21-11-7-9-18-8-5-6-10-20(18)21/h14-16,18,20-21H,2-13H2,1H3. The normalized spacial score (nSPS) is 24.0. The van der Waals surface area contributed by atoms with Crippen LogP contribution in [-0.4, -0.2) is 17.3 Å². The third-order valence-corrected chi connectivity index (χ3v) is 6.98. The second-order valence-corrected chi connectivity index (χ2v) is 8.94. The van der Waals surface area contributed by atoms with E-state index in [0.29, 0.717) is 36.5 Å². The van der Waals surface area contributed by atoms with E-state index in [1.165, 1.54) is 57.6 Å². The monoisotopic (exact) mass is 400 g/mol.